The summed E-state index contributed by atoms with van der Waals surface area (Å²) in [7, 11) is -2.56. The standard InChI is InChI=1S/C15H16F3N3O3S/c1-3-8-25(2,23)21-13(22)11-6-4-10(5-7-11)9-12-19-14(24-20-12)15(16,17)18/h4-7H,3,8-9H2,1-2H3. The minimum atomic E-state index is -4.69. The highest BCUT2D eigenvalue weighted by Crippen LogP contribution is 2.27. The molecule has 1 aromatic heterocycles. The van der Waals surface area contributed by atoms with E-state index in [9.17, 15) is 22.2 Å². The van der Waals surface area contributed by atoms with Crippen molar-refractivity contribution in [2.75, 3.05) is 12.0 Å². The summed E-state index contributed by atoms with van der Waals surface area (Å²) in [6, 6.07) is 6.02. The molecule has 1 heterocycles. The molecule has 2 rings (SSSR count). The lowest BCUT2D eigenvalue weighted by molar-refractivity contribution is -0.159. The number of hydrogen-bond acceptors (Lipinski definition) is 5. The molecule has 0 aliphatic rings. The van der Waals surface area contributed by atoms with Gasteiger partial charge in [0.2, 0.25) is 0 Å². The zero-order chi connectivity index (χ0) is 18.7. The van der Waals surface area contributed by atoms with E-state index in [1.165, 1.54) is 18.4 Å². The summed E-state index contributed by atoms with van der Waals surface area (Å²) in [4.78, 5) is 15.3. The van der Waals surface area contributed by atoms with Gasteiger partial charge in [0.25, 0.3) is 5.91 Å². The molecular weight excluding hydrogens is 359 g/mol. The predicted octanol–water partition coefficient (Wildman–Crippen LogP) is 3.33. The van der Waals surface area contributed by atoms with E-state index in [0.717, 1.165) is 0 Å². The van der Waals surface area contributed by atoms with Crippen LogP contribution in [0, 0.1) is 0 Å². The van der Waals surface area contributed by atoms with Gasteiger partial charge in [-0.3, -0.25) is 4.79 Å². The molecule has 0 saturated carbocycles. The van der Waals surface area contributed by atoms with E-state index >= 15 is 0 Å². The summed E-state index contributed by atoms with van der Waals surface area (Å²) < 4.78 is 57.2. The van der Waals surface area contributed by atoms with Crippen molar-refractivity contribution in [2.24, 2.45) is 4.36 Å². The number of halogens is 3. The Kier molecular flexibility index (Phi) is 5.61. The first-order chi connectivity index (χ1) is 11.6. The number of rotatable bonds is 5. The molecule has 136 valence electrons. The van der Waals surface area contributed by atoms with E-state index in [2.05, 4.69) is 19.0 Å². The second kappa shape index (κ2) is 7.34. The van der Waals surface area contributed by atoms with Crippen LogP contribution in [0.5, 0.6) is 0 Å². The summed E-state index contributed by atoms with van der Waals surface area (Å²) >= 11 is 0. The summed E-state index contributed by atoms with van der Waals surface area (Å²) in [5, 5.41) is 3.27. The fourth-order valence-corrected chi connectivity index (χ4v) is 3.35. The largest absolute Gasteiger partial charge is 0.471 e. The van der Waals surface area contributed by atoms with Gasteiger partial charge in [0.05, 0.1) is 9.73 Å². The van der Waals surface area contributed by atoms with Gasteiger partial charge in [-0.2, -0.15) is 22.5 Å². The number of nitrogens with zero attached hydrogens (tertiary/aromatic N) is 3. The van der Waals surface area contributed by atoms with Crippen LogP contribution in [-0.2, 0) is 22.3 Å². The highest BCUT2D eigenvalue weighted by atomic mass is 32.2. The third kappa shape index (κ3) is 5.38. The van der Waals surface area contributed by atoms with Crippen LogP contribution in [0.3, 0.4) is 0 Å². The van der Waals surface area contributed by atoms with Crippen molar-refractivity contribution in [2.45, 2.75) is 25.9 Å². The van der Waals surface area contributed by atoms with Gasteiger partial charge in [-0.25, -0.2) is 4.21 Å². The smallest absolute Gasteiger partial charge is 0.329 e. The molecule has 0 spiro atoms. The van der Waals surface area contributed by atoms with Crippen LogP contribution in [0.4, 0.5) is 13.2 Å². The first kappa shape index (κ1) is 19.1. The van der Waals surface area contributed by atoms with Crippen molar-refractivity contribution in [3.8, 4) is 0 Å². The molecule has 1 aromatic carbocycles. The maximum Gasteiger partial charge on any atom is 0.471 e. The van der Waals surface area contributed by atoms with Gasteiger partial charge >= 0.3 is 12.1 Å². The number of aromatic nitrogens is 2. The first-order valence-electron chi connectivity index (χ1n) is 7.33. The molecule has 0 aliphatic carbocycles. The molecule has 1 unspecified atom stereocenters. The first-order valence-corrected chi connectivity index (χ1v) is 9.43. The number of hydrogen-bond donors (Lipinski definition) is 0. The van der Waals surface area contributed by atoms with Crippen molar-refractivity contribution in [1.82, 2.24) is 10.1 Å². The van der Waals surface area contributed by atoms with Crippen molar-refractivity contribution in [3.63, 3.8) is 0 Å². The Bertz CT molecular complexity index is 866. The Morgan fingerprint density at radius 1 is 1.28 bits per heavy atom. The van der Waals surface area contributed by atoms with E-state index in [-0.39, 0.29) is 17.8 Å². The van der Waals surface area contributed by atoms with Gasteiger partial charge < -0.3 is 4.52 Å². The third-order valence-corrected chi connectivity index (χ3v) is 4.85. The lowest BCUT2D eigenvalue weighted by Crippen LogP contribution is -2.07. The molecular formula is C15H16F3N3O3S. The van der Waals surface area contributed by atoms with Gasteiger partial charge in [-0.1, -0.05) is 24.2 Å². The molecule has 0 bridgehead atoms. The molecule has 25 heavy (non-hydrogen) atoms. The summed E-state index contributed by atoms with van der Waals surface area (Å²) in [5.74, 6) is -1.78. The van der Waals surface area contributed by atoms with E-state index in [1.54, 1.807) is 12.1 Å². The van der Waals surface area contributed by atoms with Crippen molar-refractivity contribution < 1.29 is 26.7 Å². The Morgan fingerprint density at radius 3 is 2.44 bits per heavy atom. The van der Waals surface area contributed by atoms with E-state index in [4.69, 9.17) is 0 Å². The molecule has 0 radical (unpaired) electrons. The quantitative estimate of drug-likeness (QED) is 0.800. The van der Waals surface area contributed by atoms with E-state index < -0.39 is 27.7 Å². The van der Waals surface area contributed by atoms with Gasteiger partial charge in [0, 0.05) is 24.0 Å². The minimum Gasteiger partial charge on any atom is -0.329 e. The SMILES string of the molecule is CCCS(C)(=O)=NC(=O)c1ccc(Cc2noc(C(F)(F)F)n2)cc1. The van der Waals surface area contributed by atoms with Crippen molar-refractivity contribution in [3.05, 3.63) is 47.1 Å². The lowest BCUT2D eigenvalue weighted by Gasteiger charge is -2.02. The van der Waals surface area contributed by atoms with Crippen molar-refractivity contribution in [1.29, 1.82) is 0 Å². The Morgan fingerprint density at radius 2 is 1.92 bits per heavy atom. The van der Waals surface area contributed by atoms with E-state index in [0.29, 0.717) is 17.7 Å². The van der Waals surface area contributed by atoms with Gasteiger partial charge in [-0.15, -0.1) is 0 Å². The van der Waals surface area contributed by atoms with Crippen LogP contribution in [0.25, 0.3) is 0 Å². The average molecular weight is 375 g/mol. The molecule has 1 amide bonds. The Hall–Kier alpha value is -2.23. The summed E-state index contributed by atoms with van der Waals surface area (Å²) in [6.45, 7) is 1.85. The minimum absolute atomic E-state index is 0.0194. The Labute approximate surface area is 142 Å². The lowest BCUT2D eigenvalue weighted by atomic mass is 10.1. The molecule has 1 atom stereocenters. The zero-order valence-electron chi connectivity index (χ0n) is 13.5. The zero-order valence-corrected chi connectivity index (χ0v) is 14.4. The van der Waals surface area contributed by atoms with E-state index in [1.807, 2.05) is 6.92 Å². The van der Waals surface area contributed by atoms with Crippen LogP contribution < -0.4 is 0 Å². The number of carbonyl (C=O) groups is 1. The molecule has 10 heteroatoms. The van der Waals surface area contributed by atoms with Crippen LogP contribution in [0.15, 0.2) is 33.2 Å². The molecule has 0 saturated heterocycles. The monoisotopic (exact) mass is 375 g/mol. The summed E-state index contributed by atoms with van der Waals surface area (Å²) in [6.07, 6.45) is -2.59. The van der Waals surface area contributed by atoms with Crippen molar-refractivity contribution >= 4 is 15.6 Å². The second-order valence-electron chi connectivity index (χ2n) is 5.45. The van der Waals surface area contributed by atoms with Gasteiger partial charge in [0.15, 0.2) is 5.82 Å². The van der Waals surface area contributed by atoms with Crippen LogP contribution in [0.1, 0.15) is 41.0 Å². The van der Waals surface area contributed by atoms with Crippen LogP contribution in [-0.4, -0.2) is 32.3 Å². The number of benzene rings is 1. The highest BCUT2D eigenvalue weighted by molar-refractivity contribution is 7.93. The number of alkyl halides is 3. The molecule has 0 aliphatic heterocycles. The maximum absolute atomic E-state index is 12.4. The summed E-state index contributed by atoms with van der Waals surface area (Å²) in [5.41, 5.74) is 0.843. The van der Waals surface area contributed by atoms with Crippen LogP contribution >= 0.6 is 0 Å². The average Bonchev–Trinajstić information content (AvgIpc) is 2.96. The second-order valence-corrected chi connectivity index (χ2v) is 7.96. The topological polar surface area (TPSA) is 85.4 Å². The molecule has 0 fully saturated rings. The fraction of sp³-hybridized carbons (Fsp3) is 0.400. The van der Waals surface area contributed by atoms with Gasteiger partial charge in [0.1, 0.15) is 0 Å². The fourth-order valence-electron chi connectivity index (χ4n) is 2.04. The predicted molar refractivity (Wildman–Crippen MR) is 84.5 cm³/mol. The molecule has 0 N–H and O–H groups in total. The highest BCUT2D eigenvalue weighted by Gasteiger charge is 2.38. The Balaban J connectivity index is 2.11. The molecule has 6 nitrogen and oxygen atoms in total. The third-order valence-electron chi connectivity index (χ3n) is 3.13. The molecule has 2 aromatic rings. The van der Waals surface area contributed by atoms with Crippen LogP contribution in [0.2, 0.25) is 0 Å². The van der Waals surface area contributed by atoms with Gasteiger partial charge in [-0.05, 0) is 24.1 Å². The normalized spacial score (nSPS) is 14.1. The maximum atomic E-state index is 12.4. The number of carbonyl (C=O) groups excluding carboxylic acids is 1. The number of amides is 1.